The van der Waals surface area contributed by atoms with Crippen LogP contribution in [0.4, 0.5) is 5.69 Å². The van der Waals surface area contributed by atoms with Crippen molar-refractivity contribution in [2.75, 3.05) is 19.0 Å². The number of methoxy groups -OCH3 is 1. The second-order valence-electron chi connectivity index (χ2n) is 4.41. The molecule has 0 atom stereocenters. The van der Waals surface area contributed by atoms with Crippen LogP contribution in [-0.2, 0) is 12.4 Å². The number of nitrogens with one attached hydrogen (secondary N) is 1. The smallest absolute Gasteiger partial charge is 0.213 e. The van der Waals surface area contributed by atoms with Crippen LogP contribution in [-0.4, -0.2) is 18.7 Å². The summed E-state index contributed by atoms with van der Waals surface area (Å²) in [5.74, 6) is 1.86. The number of anilines is 1. The van der Waals surface area contributed by atoms with E-state index in [1.54, 1.807) is 7.11 Å². The minimum Gasteiger partial charge on any atom is -0.494 e. The second-order valence-corrected chi connectivity index (χ2v) is 4.68. The normalized spacial score (nSPS) is 10.2. The predicted molar refractivity (Wildman–Crippen MR) is 85.3 cm³/mol. The summed E-state index contributed by atoms with van der Waals surface area (Å²) in [6.45, 7) is 3.20. The molecule has 0 bridgehead atoms. The zero-order chi connectivity index (χ0) is 15.1. The summed E-state index contributed by atoms with van der Waals surface area (Å²) in [6, 6.07) is 11.6. The summed E-state index contributed by atoms with van der Waals surface area (Å²) >= 11 is 5.96. The van der Waals surface area contributed by atoms with E-state index < -0.39 is 0 Å². The van der Waals surface area contributed by atoms with Crippen molar-refractivity contribution < 1.29 is 9.47 Å². The van der Waals surface area contributed by atoms with Gasteiger partial charge in [-0.15, -0.1) is 11.6 Å². The molecule has 1 aromatic carbocycles. The van der Waals surface area contributed by atoms with E-state index in [-0.39, 0.29) is 0 Å². The largest absolute Gasteiger partial charge is 0.494 e. The van der Waals surface area contributed by atoms with Gasteiger partial charge >= 0.3 is 0 Å². The van der Waals surface area contributed by atoms with Crippen LogP contribution in [0.3, 0.4) is 0 Å². The molecule has 0 amide bonds. The minimum atomic E-state index is 0.419. The third kappa shape index (κ3) is 4.26. The van der Waals surface area contributed by atoms with Gasteiger partial charge in [0.25, 0.3) is 0 Å². The first-order valence-electron chi connectivity index (χ1n) is 6.82. The zero-order valence-corrected chi connectivity index (χ0v) is 13.0. The molecule has 0 saturated carbocycles. The highest BCUT2D eigenvalue weighted by molar-refractivity contribution is 6.17. The Bertz CT molecular complexity index is 590. The number of alkyl halides is 1. The number of hydrogen-bond acceptors (Lipinski definition) is 4. The number of rotatable bonds is 7. The van der Waals surface area contributed by atoms with Gasteiger partial charge in [-0.25, -0.2) is 4.98 Å². The molecule has 0 spiro atoms. The van der Waals surface area contributed by atoms with Gasteiger partial charge in [-0.05, 0) is 31.2 Å². The number of halogens is 1. The Morgan fingerprint density at radius 2 is 2.10 bits per heavy atom. The van der Waals surface area contributed by atoms with Crippen molar-refractivity contribution in [3.05, 3.63) is 47.7 Å². The Morgan fingerprint density at radius 3 is 2.81 bits per heavy atom. The molecule has 1 aromatic heterocycles. The lowest BCUT2D eigenvalue weighted by Crippen LogP contribution is -2.03. The Balaban J connectivity index is 2.05. The van der Waals surface area contributed by atoms with Gasteiger partial charge in [0.1, 0.15) is 5.75 Å². The van der Waals surface area contributed by atoms with Gasteiger partial charge in [0.05, 0.1) is 31.8 Å². The van der Waals surface area contributed by atoms with Crippen molar-refractivity contribution in [3.8, 4) is 11.6 Å². The highest BCUT2D eigenvalue weighted by atomic mass is 35.5. The fraction of sp³-hybridized carbons (Fsp3) is 0.312. The van der Waals surface area contributed by atoms with Crippen LogP contribution < -0.4 is 14.8 Å². The SMILES string of the molecule is CCOc1ccc(NCc2cccc(OC)n2)cc1CCl. The maximum atomic E-state index is 5.96. The second kappa shape index (κ2) is 7.74. The molecule has 4 nitrogen and oxygen atoms in total. The molecule has 5 heteroatoms. The number of benzene rings is 1. The fourth-order valence-corrected chi connectivity index (χ4v) is 2.16. The Morgan fingerprint density at radius 1 is 1.24 bits per heavy atom. The van der Waals surface area contributed by atoms with Crippen LogP contribution in [0.15, 0.2) is 36.4 Å². The molecule has 0 radical (unpaired) electrons. The number of hydrogen-bond donors (Lipinski definition) is 1. The molecule has 112 valence electrons. The van der Waals surface area contributed by atoms with E-state index in [2.05, 4.69) is 10.3 Å². The first-order valence-corrected chi connectivity index (χ1v) is 7.35. The molecule has 1 N–H and O–H groups in total. The molecule has 0 aliphatic heterocycles. The van der Waals surface area contributed by atoms with Gasteiger partial charge in [-0.1, -0.05) is 6.07 Å². The van der Waals surface area contributed by atoms with E-state index in [1.807, 2.05) is 43.3 Å². The number of pyridine rings is 1. The van der Waals surface area contributed by atoms with Crippen molar-refractivity contribution >= 4 is 17.3 Å². The van der Waals surface area contributed by atoms with Crippen molar-refractivity contribution in [1.82, 2.24) is 4.98 Å². The third-order valence-corrected chi connectivity index (χ3v) is 3.26. The monoisotopic (exact) mass is 306 g/mol. The zero-order valence-electron chi connectivity index (χ0n) is 12.2. The Kier molecular flexibility index (Phi) is 5.69. The minimum absolute atomic E-state index is 0.419. The van der Waals surface area contributed by atoms with Gasteiger partial charge in [-0.3, -0.25) is 0 Å². The summed E-state index contributed by atoms with van der Waals surface area (Å²) in [5, 5.41) is 3.32. The van der Waals surface area contributed by atoms with E-state index in [9.17, 15) is 0 Å². The van der Waals surface area contributed by atoms with Gasteiger partial charge in [0.2, 0.25) is 5.88 Å². The molecule has 21 heavy (non-hydrogen) atoms. The van der Waals surface area contributed by atoms with E-state index in [0.717, 1.165) is 22.7 Å². The number of aromatic nitrogens is 1. The molecule has 0 aliphatic rings. The van der Waals surface area contributed by atoms with Crippen molar-refractivity contribution in [2.45, 2.75) is 19.3 Å². The molecule has 0 fully saturated rings. The lowest BCUT2D eigenvalue weighted by Gasteiger charge is -2.12. The van der Waals surface area contributed by atoms with E-state index in [0.29, 0.717) is 24.9 Å². The maximum absolute atomic E-state index is 5.96. The van der Waals surface area contributed by atoms with Gasteiger partial charge in [-0.2, -0.15) is 0 Å². The predicted octanol–water partition coefficient (Wildman–Crippen LogP) is 3.84. The van der Waals surface area contributed by atoms with Gasteiger partial charge in [0, 0.05) is 17.3 Å². The standard InChI is InChI=1S/C16H19ClN2O2/c1-3-21-15-8-7-13(9-12(15)10-17)18-11-14-5-4-6-16(19-14)20-2/h4-9,18H,3,10-11H2,1-2H3. The molecule has 0 unspecified atom stereocenters. The molecule has 1 heterocycles. The van der Waals surface area contributed by atoms with Crippen LogP contribution in [0.2, 0.25) is 0 Å². The van der Waals surface area contributed by atoms with Crippen LogP contribution >= 0.6 is 11.6 Å². The fourth-order valence-electron chi connectivity index (χ4n) is 1.95. The summed E-state index contributed by atoms with van der Waals surface area (Å²) in [7, 11) is 1.61. The molecule has 0 aliphatic carbocycles. The summed E-state index contributed by atoms with van der Waals surface area (Å²) in [6.07, 6.45) is 0. The van der Waals surface area contributed by atoms with Crippen molar-refractivity contribution in [2.24, 2.45) is 0 Å². The lowest BCUT2D eigenvalue weighted by molar-refractivity contribution is 0.337. The van der Waals surface area contributed by atoms with Crippen molar-refractivity contribution in [1.29, 1.82) is 0 Å². The van der Waals surface area contributed by atoms with Gasteiger partial charge in [0.15, 0.2) is 0 Å². The Labute approximate surface area is 130 Å². The highest BCUT2D eigenvalue weighted by Crippen LogP contribution is 2.25. The number of nitrogens with zero attached hydrogens (tertiary/aromatic N) is 1. The molecule has 0 saturated heterocycles. The number of ether oxygens (including phenoxy) is 2. The van der Waals surface area contributed by atoms with Crippen LogP contribution in [0.1, 0.15) is 18.2 Å². The average molecular weight is 307 g/mol. The summed E-state index contributed by atoms with van der Waals surface area (Å²) in [4.78, 5) is 4.36. The molecule has 2 rings (SSSR count). The summed E-state index contributed by atoms with van der Waals surface area (Å²) < 4.78 is 10.6. The topological polar surface area (TPSA) is 43.4 Å². The van der Waals surface area contributed by atoms with Crippen LogP contribution in [0.25, 0.3) is 0 Å². The first-order chi connectivity index (χ1) is 10.3. The lowest BCUT2D eigenvalue weighted by atomic mass is 10.2. The highest BCUT2D eigenvalue weighted by Gasteiger charge is 2.04. The van der Waals surface area contributed by atoms with Crippen molar-refractivity contribution in [3.63, 3.8) is 0 Å². The molecular weight excluding hydrogens is 288 g/mol. The average Bonchev–Trinajstić information content (AvgIpc) is 2.54. The van der Waals surface area contributed by atoms with E-state index in [1.165, 1.54) is 0 Å². The Hall–Kier alpha value is -1.94. The van der Waals surface area contributed by atoms with Gasteiger partial charge < -0.3 is 14.8 Å². The first kappa shape index (κ1) is 15.4. The van der Waals surface area contributed by atoms with Crippen LogP contribution in [0.5, 0.6) is 11.6 Å². The molecule has 2 aromatic rings. The quantitative estimate of drug-likeness (QED) is 0.789. The van der Waals surface area contributed by atoms with Crippen LogP contribution in [0, 0.1) is 0 Å². The summed E-state index contributed by atoms with van der Waals surface area (Å²) in [5.41, 5.74) is 2.87. The van der Waals surface area contributed by atoms with E-state index >= 15 is 0 Å². The third-order valence-electron chi connectivity index (χ3n) is 2.97. The molecular formula is C16H19ClN2O2. The van der Waals surface area contributed by atoms with E-state index in [4.69, 9.17) is 21.1 Å². The maximum Gasteiger partial charge on any atom is 0.213 e.